The second kappa shape index (κ2) is 11.4. The molecule has 0 N–H and O–H groups in total. The van der Waals surface area contributed by atoms with E-state index >= 15 is 0 Å². The van der Waals surface area contributed by atoms with E-state index in [9.17, 15) is 0 Å². The summed E-state index contributed by atoms with van der Waals surface area (Å²) in [5.74, 6) is 2.39. The number of thioether (sulfide) groups is 1. The summed E-state index contributed by atoms with van der Waals surface area (Å²) >= 11 is 8.27. The number of hydrogen-bond acceptors (Lipinski definition) is 7. The largest absolute Gasteiger partial charge is 0.440 e. The first kappa shape index (κ1) is 26.7. The molecule has 11 heteroatoms. The van der Waals surface area contributed by atoms with Gasteiger partial charge in [0.05, 0.1) is 22.1 Å². The van der Waals surface area contributed by atoms with Crippen LogP contribution in [-0.4, -0.2) is 59.8 Å². The molecule has 192 valence electrons. The van der Waals surface area contributed by atoms with Gasteiger partial charge in [-0.2, -0.15) is 5.10 Å². The quantitative estimate of drug-likeness (QED) is 0.234. The molecule has 0 saturated carbocycles. The molecule has 0 saturated heterocycles. The Labute approximate surface area is 226 Å². The minimum absolute atomic E-state index is 0. The Morgan fingerprint density at radius 1 is 1.06 bits per heavy atom. The number of hydrogen-bond donors (Lipinski definition) is 0. The molecule has 5 rings (SSSR count). The van der Waals surface area contributed by atoms with E-state index in [0.717, 1.165) is 83.3 Å². The van der Waals surface area contributed by atoms with E-state index in [0.29, 0.717) is 5.76 Å². The second-order valence-corrected chi connectivity index (χ2v) is 10.5. The Hall–Kier alpha value is -2.33. The Balaban J connectivity index is 0.00000304. The van der Waals surface area contributed by atoms with Crippen LogP contribution in [0.5, 0.6) is 0 Å². The van der Waals surface area contributed by atoms with Crippen LogP contribution in [0, 0.1) is 13.8 Å². The van der Waals surface area contributed by atoms with Crippen LogP contribution in [0.1, 0.15) is 28.9 Å². The Morgan fingerprint density at radius 3 is 2.53 bits per heavy atom. The van der Waals surface area contributed by atoms with Crippen molar-refractivity contribution in [2.45, 2.75) is 38.3 Å². The third kappa shape index (κ3) is 5.34. The molecule has 4 heterocycles. The molecule has 4 aromatic rings. The third-order valence-corrected chi connectivity index (χ3v) is 8.22. The molecular weight excluding hydrogens is 517 g/mol. The lowest BCUT2D eigenvalue weighted by Gasteiger charge is -2.19. The maximum Gasteiger partial charge on any atom is 0.202 e. The molecule has 0 bridgehead atoms. The molecule has 36 heavy (non-hydrogen) atoms. The van der Waals surface area contributed by atoms with Crippen LogP contribution in [0.25, 0.3) is 22.8 Å². The van der Waals surface area contributed by atoms with E-state index in [1.54, 1.807) is 11.8 Å². The van der Waals surface area contributed by atoms with E-state index in [2.05, 4.69) is 43.4 Å². The fourth-order valence-electron chi connectivity index (χ4n) is 4.69. The first-order valence-corrected chi connectivity index (χ1v) is 13.2. The Kier molecular flexibility index (Phi) is 8.44. The van der Waals surface area contributed by atoms with Crippen molar-refractivity contribution < 1.29 is 4.42 Å². The van der Waals surface area contributed by atoms with Gasteiger partial charge in [-0.1, -0.05) is 35.5 Å². The van der Waals surface area contributed by atoms with Crippen molar-refractivity contribution in [3.63, 3.8) is 0 Å². The topological polar surface area (TPSA) is 77.8 Å². The van der Waals surface area contributed by atoms with Gasteiger partial charge in [0.15, 0.2) is 17.3 Å². The van der Waals surface area contributed by atoms with Gasteiger partial charge in [-0.15, -0.1) is 22.6 Å². The van der Waals surface area contributed by atoms with Crippen LogP contribution in [0.15, 0.2) is 34.2 Å². The molecule has 3 aromatic heterocycles. The molecule has 0 fully saturated rings. The van der Waals surface area contributed by atoms with Gasteiger partial charge >= 0.3 is 0 Å². The highest BCUT2D eigenvalue weighted by Gasteiger charge is 2.19. The van der Waals surface area contributed by atoms with Crippen molar-refractivity contribution in [2.75, 3.05) is 25.4 Å². The highest BCUT2D eigenvalue weighted by atomic mass is 35.5. The van der Waals surface area contributed by atoms with E-state index < -0.39 is 0 Å². The first-order chi connectivity index (χ1) is 16.9. The molecule has 0 aliphatic carbocycles. The van der Waals surface area contributed by atoms with E-state index in [1.807, 2.05) is 37.2 Å². The van der Waals surface area contributed by atoms with Gasteiger partial charge in [-0.25, -0.2) is 4.98 Å². The lowest BCUT2D eigenvalue weighted by atomic mass is 9.98. The fourth-order valence-corrected chi connectivity index (χ4v) is 5.80. The number of fused-ring (bicyclic) bond motifs is 1. The fraction of sp³-hybridized carbons (Fsp3) is 0.440. The Bertz CT molecular complexity index is 1350. The number of rotatable bonds is 7. The van der Waals surface area contributed by atoms with Crippen molar-refractivity contribution in [1.82, 2.24) is 34.4 Å². The number of aromatic nitrogens is 6. The van der Waals surface area contributed by atoms with Crippen LogP contribution in [0.4, 0.5) is 0 Å². The summed E-state index contributed by atoms with van der Waals surface area (Å²) < 4.78 is 9.33. The minimum Gasteiger partial charge on any atom is -0.440 e. The SMILES string of the molecule is Cc1ncoc1-c1nnc(SCCCN2CCc3ccc(-c4c(Cl)c(C)nn4C)cc3CC2)n1C.Cl. The number of halogens is 2. The molecule has 8 nitrogen and oxygen atoms in total. The summed E-state index contributed by atoms with van der Waals surface area (Å²) in [6, 6.07) is 6.76. The molecule has 1 aromatic carbocycles. The standard InChI is InChI=1S/C25H30ClN7OS.ClH/c1-16-21(26)22(32(4)30-16)20-7-6-18-8-11-33(12-9-19(18)14-20)10-5-13-35-25-29-28-24(31(25)3)23-17(2)27-15-34-23;/h6-7,14-15H,5,8-13H2,1-4H3;1H. The van der Waals surface area contributed by atoms with Gasteiger partial charge in [-0.3, -0.25) is 4.68 Å². The lowest BCUT2D eigenvalue weighted by Crippen LogP contribution is -2.27. The first-order valence-electron chi connectivity index (χ1n) is 11.9. The van der Waals surface area contributed by atoms with Gasteiger partial charge in [0.2, 0.25) is 5.82 Å². The van der Waals surface area contributed by atoms with Crippen LogP contribution >= 0.6 is 35.8 Å². The number of oxazole rings is 1. The minimum atomic E-state index is 0. The van der Waals surface area contributed by atoms with Gasteiger partial charge in [0, 0.05) is 38.5 Å². The molecule has 1 aliphatic rings. The second-order valence-electron chi connectivity index (χ2n) is 9.03. The van der Waals surface area contributed by atoms with Crippen molar-refractivity contribution in [2.24, 2.45) is 14.1 Å². The van der Waals surface area contributed by atoms with E-state index in [1.165, 1.54) is 17.5 Å². The van der Waals surface area contributed by atoms with Crippen molar-refractivity contribution >= 4 is 35.8 Å². The Morgan fingerprint density at radius 2 is 1.83 bits per heavy atom. The summed E-state index contributed by atoms with van der Waals surface area (Å²) in [5, 5.41) is 14.8. The molecule has 1 aliphatic heterocycles. The molecule has 0 spiro atoms. The molecule has 0 unspecified atom stereocenters. The number of benzene rings is 1. The van der Waals surface area contributed by atoms with Gasteiger partial charge in [0.25, 0.3) is 0 Å². The highest BCUT2D eigenvalue weighted by Crippen LogP contribution is 2.32. The van der Waals surface area contributed by atoms with E-state index in [4.69, 9.17) is 16.0 Å². The zero-order valence-corrected chi connectivity index (χ0v) is 23.4. The van der Waals surface area contributed by atoms with Gasteiger partial charge < -0.3 is 13.9 Å². The summed E-state index contributed by atoms with van der Waals surface area (Å²) in [6.07, 6.45) is 4.67. The van der Waals surface area contributed by atoms with Crippen LogP contribution in [0.3, 0.4) is 0 Å². The van der Waals surface area contributed by atoms with Crippen LogP contribution in [-0.2, 0) is 26.9 Å². The summed E-state index contributed by atoms with van der Waals surface area (Å²) in [6.45, 7) is 7.09. The van der Waals surface area contributed by atoms with Crippen LogP contribution < -0.4 is 0 Å². The third-order valence-electron chi connectivity index (χ3n) is 6.66. The number of nitrogens with zero attached hydrogens (tertiary/aromatic N) is 7. The highest BCUT2D eigenvalue weighted by molar-refractivity contribution is 7.99. The summed E-state index contributed by atoms with van der Waals surface area (Å²) in [7, 11) is 3.93. The van der Waals surface area contributed by atoms with Crippen molar-refractivity contribution in [3.8, 4) is 22.8 Å². The van der Waals surface area contributed by atoms with Gasteiger partial charge in [0.1, 0.15) is 0 Å². The average molecular weight is 549 g/mol. The van der Waals surface area contributed by atoms with Gasteiger partial charge in [-0.05, 0) is 56.8 Å². The number of aryl methyl sites for hydroxylation is 3. The molecule has 0 radical (unpaired) electrons. The summed E-state index contributed by atoms with van der Waals surface area (Å²) in [4.78, 5) is 6.72. The van der Waals surface area contributed by atoms with Crippen LogP contribution in [0.2, 0.25) is 5.02 Å². The lowest BCUT2D eigenvalue weighted by molar-refractivity contribution is 0.289. The normalized spacial score (nSPS) is 13.9. The zero-order valence-electron chi connectivity index (χ0n) is 21.0. The predicted molar refractivity (Wildman–Crippen MR) is 146 cm³/mol. The smallest absolute Gasteiger partial charge is 0.202 e. The predicted octanol–water partition coefficient (Wildman–Crippen LogP) is 5.15. The maximum absolute atomic E-state index is 6.54. The van der Waals surface area contributed by atoms with E-state index in [-0.39, 0.29) is 12.4 Å². The van der Waals surface area contributed by atoms with Crippen molar-refractivity contribution in [1.29, 1.82) is 0 Å². The van der Waals surface area contributed by atoms with Crippen molar-refractivity contribution in [3.05, 3.63) is 52.1 Å². The monoisotopic (exact) mass is 547 g/mol. The summed E-state index contributed by atoms with van der Waals surface area (Å²) in [5.41, 5.74) is 6.69. The zero-order chi connectivity index (χ0) is 24.5. The maximum atomic E-state index is 6.54. The molecule has 0 atom stereocenters. The molecule has 0 amide bonds. The molecular formula is C25H31Cl2N7OS. The average Bonchev–Trinajstić information content (AvgIpc) is 3.44.